The average molecular weight is 194 g/mol. The van der Waals surface area contributed by atoms with Crippen molar-refractivity contribution in [2.24, 2.45) is 5.73 Å². The zero-order valence-corrected chi connectivity index (χ0v) is 8.50. The topological polar surface area (TPSA) is 57.9 Å². The van der Waals surface area contributed by atoms with Crippen molar-refractivity contribution in [1.82, 2.24) is 10.2 Å². The van der Waals surface area contributed by atoms with Crippen LogP contribution in [0.3, 0.4) is 0 Å². The van der Waals surface area contributed by atoms with Gasteiger partial charge in [-0.15, -0.1) is 0 Å². The molecule has 0 aliphatic carbocycles. The van der Waals surface area contributed by atoms with Crippen molar-refractivity contribution in [3.8, 4) is 0 Å². The van der Waals surface area contributed by atoms with E-state index in [-0.39, 0.29) is 0 Å². The molecule has 1 aliphatic rings. The fourth-order valence-corrected chi connectivity index (χ4v) is 2.04. The van der Waals surface area contributed by atoms with Crippen LogP contribution in [-0.4, -0.2) is 23.3 Å². The van der Waals surface area contributed by atoms with Crippen molar-refractivity contribution in [2.45, 2.75) is 32.2 Å². The molecular formula is C10H18N4. The molecule has 0 bridgehead atoms. The fourth-order valence-electron chi connectivity index (χ4n) is 2.04. The molecule has 0 atom stereocenters. The van der Waals surface area contributed by atoms with Gasteiger partial charge >= 0.3 is 0 Å². The van der Waals surface area contributed by atoms with Gasteiger partial charge in [0.05, 0.1) is 17.6 Å². The summed E-state index contributed by atoms with van der Waals surface area (Å²) in [5.74, 6) is 0. The molecule has 14 heavy (non-hydrogen) atoms. The molecule has 0 unspecified atom stereocenters. The number of aromatic nitrogens is 2. The lowest BCUT2D eigenvalue weighted by Gasteiger charge is -2.21. The van der Waals surface area contributed by atoms with E-state index >= 15 is 0 Å². The Bertz CT molecular complexity index is 273. The number of rotatable bonds is 2. The van der Waals surface area contributed by atoms with Crippen LogP contribution in [0.15, 0.2) is 6.20 Å². The van der Waals surface area contributed by atoms with Gasteiger partial charge in [-0.2, -0.15) is 5.10 Å². The molecule has 1 saturated heterocycles. The molecule has 3 N–H and O–H groups in total. The highest BCUT2D eigenvalue weighted by Crippen LogP contribution is 2.21. The number of nitrogens with two attached hydrogens (primary N) is 1. The Morgan fingerprint density at radius 1 is 1.29 bits per heavy atom. The van der Waals surface area contributed by atoms with Crippen LogP contribution < -0.4 is 10.6 Å². The Morgan fingerprint density at radius 2 is 2.00 bits per heavy atom. The molecule has 0 aromatic carbocycles. The van der Waals surface area contributed by atoms with Gasteiger partial charge in [-0.25, -0.2) is 0 Å². The van der Waals surface area contributed by atoms with Crippen molar-refractivity contribution in [2.75, 3.05) is 18.0 Å². The molecule has 1 aromatic rings. The highest BCUT2D eigenvalue weighted by Gasteiger charge is 2.13. The largest absolute Gasteiger partial charge is 0.369 e. The summed E-state index contributed by atoms with van der Waals surface area (Å²) in [4.78, 5) is 2.40. The Labute approximate surface area is 84.5 Å². The molecule has 0 radical (unpaired) electrons. The highest BCUT2D eigenvalue weighted by atomic mass is 15.2. The number of hydrogen-bond acceptors (Lipinski definition) is 3. The van der Waals surface area contributed by atoms with Crippen LogP contribution in [-0.2, 0) is 6.54 Å². The van der Waals surface area contributed by atoms with E-state index in [9.17, 15) is 0 Å². The number of H-pyrrole nitrogens is 1. The summed E-state index contributed by atoms with van der Waals surface area (Å²) in [5.41, 5.74) is 7.91. The monoisotopic (exact) mass is 194 g/mol. The van der Waals surface area contributed by atoms with E-state index in [1.807, 2.05) is 6.20 Å². The van der Waals surface area contributed by atoms with Crippen LogP contribution in [0.1, 0.15) is 31.4 Å². The summed E-state index contributed by atoms with van der Waals surface area (Å²) in [7, 11) is 0. The highest BCUT2D eigenvalue weighted by molar-refractivity contribution is 5.49. The fraction of sp³-hybridized carbons (Fsp3) is 0.700. The third-order valence-electron chi connectivity index (χ3n) is 2.85. The van der Waals surface area contributed by atoms with Crippen molar-refractivity contribution < 1.29 is 0 Å². The molecule has 0 spiro atoms. The summed E-state index contributed by atoms with van der Waals surface area (Å²) < 4.78 is 0. The van der Waals surface area contributed by atoms with Crippen molar-refractivity contribution in [1.29, 1.82) is 0 Å². The Hall–Kier alpha value is -1.03. The Morgan fingerprint density at radius 3 is 2.64 bits per heavy atom. The van der Waals surface area contributed by atoms with Crippen molar-refractivity contribution in [3.63, 3.8) is 0 Å². The van der Waals surface area contributed by atoms with Gasteiger partial charge in [-0.05, 0) is 12.8 Å². The molecule has 78 valence electrons. The van der Waals surface area contributed by atoms with E-state index in [1.54, 1.807) is 0 Å². The summed E-state index contributed by atoms with van der Waals surface area (Å²) >= 11 is 0. The number of anilines is 1. The van der Waals surface area contributed by atoms with Gasteiger partial charge in [0.1, 0.15) is 0 Å². The predicted octanol–water partition coefficient (Wildman–Crippen LogP) is 1.25. The van der Waals surface area contributed by atoms with Gasteiger partial charge in [0.2, 0.25) is 0 Å². The Kier molecular flexibility index (Phi) is 3.03. The first-order chi connectivity index (χ1) is 6.92. The minimum Gasteiger partial charge on any atom is -0.369 e. The van der Waals surface area contributed by atoms with Crippen LogP contribution in [0.5, 0.6) is 0 Å². The van der Waals surface area contributed by atoms with Gasteiger partial charge < -0.3 is 10.6 Å². The summed E-state index contributed by atoms with van der Waals surface area (Å²) in [6, 6.07) is 0. The SMILES string of the molecule is NCc1[nH]ncc1N1CCCCCC1. The maximum absolute atomic E-state index is 5.64. The first-order valence-corrected chi connectivity index (χ1v) is 5.39. The molecule has 0 saturated carbocycles. The normalized spacial score (nSPS) is 18.2. The molecule has 0 amide bonds. The van der Waals surface area contributed by atoms with Crippen LogP contribution >= 0.6 is 0 Å². The molecule has 1 aromatic heterocycles. The first kappa shape index (κ1) is 9.52. The molecular weight excluding hydrogens is 176 g/mol. The molecule has 1 aliphatic heterocycles. The van der Waals surface area contributed by atoms with Gasteiger partial charge in [-0.1, -0.05) is 12.8 Å². The van der Waals surface area contributed by atoms with E-state index in [4.69, 9.17) is 5.73 Å². The van der Waals surface area contributed by atoms with E-state index in [2.05, 4.69) is 15.1 Å². The smallest absolute Gasteiger partial charge is 0.0795 e. The summed E-state index contributed by atoms with van der Waals surface area (Å²) in [6.45, 7) is 2.84. The third kappa shape index (κ3) is 1.90. The molecule has 2 rings (SSSR count). The quantitative estimate of drug-likeness (QED) is 0.745. The number of aromatic amines is 1. The minimum atomic E-state index is 0.547. The molecule has 1 fully saturated rings. The van der Waals surface area contributed by atoms with E-state index in [0.29, 0.717) is 6.54 Å². The second-order valence-electron chi connectivity index (χ2n) is 3.84. The lowest BCUT2D eigenvalue weighted by atomic mass is 10.2. The molecule has 4 nitrogen and oxygen atoms in total. The lowest BCUT2D eigenvalue weighted by Crippen LogP contribution is -2.24. The minimum absolute atomic E-state index is 0.547. The van der Waals surface area contributed by atoms with Gasteiger partial charge in [0, 0.05) is 19.6 Å². The van der Waals surface area contributed by atoms with E-state index < -0.39 is 0 Å². The van der Waals surface area contributed by atoms with Gasteiger partial charge in [-0.3, -0.25) is 5.10 Å². The Balaban J connectivity index is 2.11. The van der Waals surface area contributed by atoms with Crippen LogP contribution in [0.2, 0.25) is 0 Å². The molecule has 2 heterocycles. The molecule has 4 heteroatoms. The van der Waals surface area contributed by atoms with E-state index in [1.165, 1.54) is 31.4 Å². The number of hydrogen-bond donors (Lipinski definition) is 2. The standard InChI is InChI=1S/C10H18N4/c11-7-9-10(8-12-13-9)14-5-3-1-2-4-6-14/h8H,1-7,11H2,(H,12,13). The third-order valence-corrected chi connectivity index (χ3v) is 2.85. The van der Waals surface area contributed by atoms with Crippen LogP contribution in [0, 0.1) is 0 Å². The van der Waals surface area contributed by atoms with Crippen LogP contribution in [0.25, 0.3) is 0 Å². The van der Waals surface area contributed by atoms with Gasteiger partial charge in [0.25, 0.3) is 0 Å². The average Bonchev–Trinajstić information content (AvgIpc) is 2.52. The zero-order chi connectivity index (χ0) is 9.80. The predicted molar refractivity (Wildman–Crippen MR) is 57.2 cm³/mol. The number of nitrogens with zero attached hydrogens (tertiary/aromatic N) is 2. The maximum Gasteiger partial charge on any atom is 0.0795 e. The maximum atomic E-state index is 5.64. The summed E-state index contributed by atoms with van der Waals surface area (Å²) in [6.07, 6.45) is 7.18. The lowest BCUT2D eigenvalue weighted by molar-refractivity contribution is 0.726. The van der Waals surface area contributed by atoms with Crippen molar-refractivity contribution in [3.05, 3.63) is 11.9 Å². The second-order valence-corrected chi connectivity index (χ2v) is 3.84. The van der Waals surface area contributed by atoms with E-state index in [0.717, 1.165) is 18.8 Å². The van der Waals surface area contributed by atoms with Crippen molar-refractivity contribution >= 4 is 5.69 Å². The zero-order valence-electron chi connectivity index (χ0n) is 8.50. The van der Waals surface area contributed by atoms with Gasteiger partial charge in [0.15, 0.2) is 0 Å². The summed E-state index contributed by atoms with van der Waals surface area (Å²) in [5, 5.41) is 7.01. The van der Waals surface area contributed by atoms with Crippen LogP contribution in [0.4, 0.5) is 5.69 Å². The number of nitrogens with one attached hydrogen (secondary N) is 1. The first-order valence-electron chi connectivity index (χ1n) is 5.39. The second kappa shape index (κ2) is 4.46.